The summed E-state index contributed by atoms with van der Waals surface area (Å²) in [6.07, 6.45) is 2.82. The van der Waals surface area contributed by atoms with Gasteiger partial charge in [-0.05, 0) is 37.0 Å². The lowest BCUT2D eigenvalue weighted by atomic mass is 9.89. The fourth-order valence-electron chi connectivity index (χ4n) is 4.18. The Morgan fingerprint density at radius 2 is 1.85 bits per heavy atom. The van der Waals surface area contributed by atoms with Crippen molar-refractivity contribution in [2.24, 2.45) is 5.92 Å². The van der Waals surface area contributed by atoms with E-state index in [0.29, 0.717) is 31.0 Å². The Balaban J connectivity index is 1.80. The molecule has 0 bridgehead atoms. The smallest absolute Gasteiger partial charge is 0.308 e. The second-order valence-electron chi connectivity index (χ2n) is 7.30. The van der Waals surface area contributed by atoms with E-state index in [4.69, 9.17) is 11.6 Å². The van der Waals surface area contributed by atoms with E-state index in [1.807, 2.05) is 12.1 Å². The van der Waals surface area contributed by atoms with Crippen molar-refractivity contribution < 1.29 is 19.5 Å². The minimum atomic E-state index is -0.907. The van der Waals surface area contributed by atoms with Gasteiger partial charge in [-0.25, -0.2) is 0 Å². The fraction of sp³-hybridized carbons (Fsp3) is 0.550. The molecule has 3 rings (SSSR count). The van der Waals surface area contributed by atoms with Gasteiger partial charge in [0.25, 0.3) is 0 Å². The average Bonchev–Trinajstić information content (AvgIpc) is 3.13. The summed E-state index contributed by atoms with van der Waals surface area (Å²) in [5.74, 6) is -1.98. The second-order valence-corrected chi connectivity index (χ2v) is 7.73. The van der Waals surface area contributed by atoms with E-state index in [1.165, 1.54) is 0 Å². The molecular formula is C20H25ClN2O4. The van der Waals surface area contributed by atoms with Crippen LogP contribution in [0.4, 0.5) is 0 Å². The number of nitrogens with zero attached hydrogens (tertiary/aromatic N) is 2. The van der Waals surface area contributed by atoms with Gasteiger partial charge < -0.3 is 14.9 Å². The Bertz CT molecular complexity index is 721. The maximum absolute atomic E-state index is 13.1. The third kappa shape index (κ3) is 4.10. The van der Waals surface area contributed by atoms with Gasteiger partial charge in [0.15, 0.2) is 0 Å². The van der Waals surface area contributed by atoms with E-state index in [1.54, 1.807) is 28.9 Å². The highest BCUT2D eigenvalue weighted by molar-refractivity contribution is 6.30. The summed E-state index contributed by atoms with van der Waals surface area (Å²) in [6.45, 7) is 2.92. The summed E-state index contributed by atoms with van der Waals surface area (Å²) in [6, 6.07) is 6.66. The number of aliphatic carboxylic acids is 1. The number of carboxylic acids is 1. The normalized spacial score (nSPS) is 25.5. The van der Waals surface area contributed by atoms with Gasteiger partial charge >= 0.3 is 5.97 Å². The first-order valence-electron chi connectivity index (χ1n) is 9.49. The third-order valence-electron chi connectivity index (χ3n) is 5.66. The number of carbonyl (C=O) groups excluding carboxylic acids is 2. The summed E-state index contributed by atoms with van der Waals surface area (Å²) in [5.41, 5.74) is 0.868. The van der Waals surface area contributed by atoms with Gasteiger partial charge in [-0.3, -0.25) is 14.4 Å². The highest BCUT2D eigenvalue weighted by Crippen LogP contribution is 2.35. The molecule has 1 aromatic carbocycles. The number of likely N-dealkylation sites (tertiary alicyclic amines) is 2. The van der Waals surface area contributed by atoms with Gasteiger partial charge in [0.05, 0.1) is 5.92 Å². The first kappa shape index (κ1) is 19.7. The molecule has 146 valence electrons. The van der Waals surface area contributed by atoms with Crippen LogP contribution in [0.15, 0.2) is 24.3 Å². The topological polar surface area (TPSA) is 77.9 Å². The molecule has 1 N–H and O–H groups in total. The first-order chi connectivity index (χ1) is 12.9. The van der Waals surface area contributed by atoms with Crippen LogP contribution in [0.25, 0.3) is 0 Å². The highest BCUT2D eigenvalue weighted by Gasteiger charge is 2.43. The van der Waals surface area contributed by atoms with E-state index in [9.17, 15) is 19.5 Å². The van der Waals surface area contributed by atoms with Crippen LogP contribution in [0.2, 0.25) is 5.02 Å². The summed E-state index contributed by atoms with van der Waals surface area (Å²) in [5, 5.41) is 10.2. The average molecular weight is 393 g/mol. The zero-order valence-electron chi connectivity index (χ0n) is 15.4. The van der Waals surface area contributed by atoms with Gasteiger partial charge in [-0.15, -0.1) is 0 Å². The molecule has 0 aromatic heterocycles. The van der Waals surface area contributed by atoms with E-state index in [-0.39, 0.29) is 24.3 Å². The predicted octanol–water partition coefficient (Wildman–Crippen LogP) is 2.76. The Morgan fingerprint density at radius 1 is 1.15 bits per heavy atom. The number of amides is 2. The van der Waals surface area contributed by atoms with Crippen molar-refractivity contribution in [3.05, 3.63) is 34.9 Å². The van der Waals surface area contributed by atoms with E-state index in [2.05, 4.69) is 0 Å². The lowest BCUT2D eigenvalue weighted by Crippen LogP contribution is -2.52. The zero-order valence-corrected chi connectivity index (χ0v) is 16.2. The molecular weight excluding hydrogens is 368 g/mol. The van der Waals surface area contributed by atoms with Crippen molar-refractivity contribution in [1.82, 2.24) is 9.80 Å². The van der Waals surface area contributed by atoms with Crippen LogP contribution in [-0.2, 0) is 14.4 Å². The van der Waals surface area contributed by atoms with Crippen LogP contribution in [0.5, 0.6) is 0 Å². The molecule has 0 spiro atoms. The molecule has 2 amide bonds. The van der Waals surface area contributed by atoms with Crippen LogP contribution in [0.3, 0.4) is 0 Å². The van der Waals surface area contributed by atoms with Crippen LogP contribution in [0, 0.1) is 5.92 Å². The van der Waals surface area contributed by atoms with E-state index >= 15 is 0 Å². The summed E-state index contributed by atoms with van der Waals surface area (Å²) in [4.78, 5) is 40.5. The molecule has 7 heteroatoms. The standard InChI is InChI=1S/C20H25ClN2O4/c1-2-18(24)23-10-4-3-5-17(23)19(25)22-11-15(16(12-22)20(26)27)13-6-8-14(21)9-7-13/h6-9,15-17H,2-5,10-12H2,1H3,(H,26,27)/t15-,16+,17?/m0/s1. The molecule has 1 unspecified atom stereocenters. The van der Waals surface area contributed by atoms with Crippen LogP contribution in [0.1, 0.15) is 44.1 Å². The van der Waals surface area contributed by atoms with Crippen LogP contribution in [-0.4, -0.2) is 58.4 Å². The fourth-order valence-corrected chi connectivity index (χ4v) is 4.31. The second kappa shape index (κ2) is 8.30. The number of halogens is 1. The van der Waals surface area contributed by atoms with Gasteiger partial charge in [-0.2, -0.15) is 0 Å². The predicted molar refractivity (Wildman–Crippen MR) is 102 cm³/mol. The molecule has 2 saturated heterocycles. The maximum Gasteiger partial charge on any atom is 0.308 e. The van der Waals surface area contributed by atoms with Gasteiger partial charge in [0.1, 0.15) is 6.04 Å². The van der Waals surface area contributed by atoms with Crippen molar-refractivity contribution in [2.75, 3.05) is 19.6 Å². The van der Waals surface area contributed by atoms with Crippen LogP contribution < -0.4 is 0 Å². The lowest BCUT2D eigenvalue weighted by Gasteiger charge is -2.36. The number of hydrogen-bond acceptors (Lipinski definition) is 3. The molecule has 6 nitrogen and oxygen atoms in total. The van der Waals surface area contributed by atoms with Gasteiger partial charge in [0.2, 0.25) is 11.8 Å². The number of rotatable bonds is 4. The number of carboxylic acid groups (broad SMARTS) is 1. The molecule has 1 aromatic rings. The molecule has 0 radical (unpaired) electrons. The van der Waals surface area contributed by atoms with Crippen LogP contribution >= 0.6 is 11.6 Å². The van der Waals surface area contributed by atoms with E-state index < -0.39 is 17.9 Å². The molecule has 2 fully saturated rings. The van der Waals surface area contributed by atoms with E-state index in [0.717, 1.165) is 18.4 Å². The molecule has 0 saturated carbocycles. The Hall–Kier alpha value is -2.08. The number of piperidine rings is 1. The Morgan fingerprint density at radius 3 is 2.48 bits per heavy atom. The zero-order chi connectivity index (χ0) is 19.6. The molecule has 0 aliphatic carbocycles. The quantitative estimate of drug-likeness (QED) is 0.854. The first-order valence-corrected chi connectivity index (χ1v) is 9.86. The van der Waals surface area contributed by atoms with Crippen molar-refractivity contribution in [1.29, 1.82) is 0 Å². The summed E-state index contributed by atoms with van der Waals surface area (Å²) < 4.78 is 0. The number of hydrogen-bond donors (Lipinski definition) is 1. The lowest BCUT2D eigenvalue weighted by molar-refractivity contribution is -0.147. The maximum atomic E-state index is 13.1. The third-order valence-corrected chi connectivity index (χ3v) is 5.91. The Labute approximate surface area is 164 Å². The molecule has 3 atom stereocenters. The highest BCUT2D eigenvalue weighted by atomic mass is 35.5. The molecule has 2 aliphatic rings. The largest absolute Gasteiger partial charge is 0.481 e. The Kier molecular flexibility index (Phi) is 6.05. The number of carbonyl (C=O) groups is 3. The summed E-state index contributed by atoms with van der Waals surface area (Å²) >= 11 is 5.94. The molecule has 27 heavy (non-hydrogen) atoms. The number of benzene rings is 1. The van der Waals surface area contributed by atoms with Crippen molar-refractivity contribution in [2.45, 2.75) is 44.6 Å². The molecule has 2 heterocycles. The van der Waals surface area contributed by atoms with Gasteiger partial charge in [0, 0.05) is 37.0 Å². The monoisotopic (exact) mass is 392 g/mol. The minimum absolute atomic E-state index is 0.0173. The van der Waals surface area contributed by atoms with Crippen molar-refractivity contribution >= 4 is 29.4 Å². The van der Waals surface area contributed by atoms with Gasteiger partial charge in [-0.1, -0.05) is 30.7 Å². The molecule has 2 aliphatic heterocycles. The SMILES string of the molecule is CCC(=O)N1CCCCC1C(=O)N1C[C@@H](C(=O)O)[C@H](c2ccc(Cl)cc2)C1. The van der Waals surface area contributed by atoms with Crippen molar-refractivity contribution in [3.63, 3.8) is 0 Å². The summed E-state index contributed by atoms with van der Waals surface area (Å²) in [7, 11) is 0. The minimum Gasteiger partial charge on any atom is -0.481 e. The van der Waals surface area contributed by atoms with Crippen molar-refractivity contribution in [3.8, 4) is 0 Å².